The van der Waals surface area contributed by atoms with Crippen molar-refractivity contribution in [1.82, 2.24) is 15.0 Å². The van der Waals surface area contributed by atoms with Crippen LogP contribution in [0.4, 0.5) is 0 Å². The third-order valence-corrected chi connectivity index (χ3v) is 4.70. The third-order valence-electron chi connectivity index (χ3n) is 3.75. The average Bonchev–Trinajstić information content (AvgIpc) is 2.96. The molecule has 0 atom stereocenters. The number of hydrogen-bond donors (Lipinski definition) is 1. The normalized spacial score (nSPS) is 11.0. The van der Waals surface area contributed by atoms with Gasteiger partial charge in [-0.3, -0.25) is 4.98 Å². The number of methoxy groups -OCH3 is 2. The zero-order valence-corrected chi connectivity index (χ0v) is 14.5. The standard InChI is InChI=1S/C17H19N3O2S/c1-10-8-18-14(11(2)17(10)22-4)9-23-16-7-13-12(20-16)5-6-15(19-13)21-3/h5-8,20H,9H2,1-4H3. The first-order valence-electron chi connectivity index (χ1n) is 7.28. The number of nitrogens with one attached hydrogen (secondary N) is 1. The van der Waals surface area contributed by atoms with E-state index in [1.807, 2.05) is 38.2 Å². The van der Waals surface area contributed by atoms with Crippen LogP contribution < -0.4 is 9.47 Å². The van der Waals surface area contributed by atoms with Crippen molar-refractivity contribution in [3.8, 4) is 11.6 Å². The highest BCUT2D eigenvalue weighted by atomic mass is 32.2. The highest BCUT2D eigenvalue weighted by Gasteiger charge is 2.11. The van der Waals surface area contributed by atoms with E-state index in [2.05, 4.69) is 15.0 Å². The fraction of sp³-hybridized carbons (Fsp3) is 0.294. The van der Waals surface area contributed by atoms with Crippen LogP contribution in [-0.2, 0) is 5.75 Å². The predicted molar refractivity (Wildman–Crippen MR) is 92.5 cm³/mol. The molecule has 0 aliphatic carbocycles. The van der Waals surface area contributed by atoms with Gasteiger partial charge in [0.2, 0.25) is 5.88 Å². The molecule has 0 fully saturated rings. The summed E-state index contributed by atoms with van der Waals surface area (Å²) in [7, 11) is 3.32. The minimum absolute atomic E-state index is 0.619. The molecular formula is C17H19N3O2S. The fourth-order valence-corrected chi connectivity index (χ4v) is 3.48. The van der Waals surface area contributed by atoms with Crippen LogP contribution in [0.2, 0.25) is 0 Å². The van der Waals surface area contributed by atoms with Crippen LogP contribution in [0.3, 0.4) is 0 Å². The van der Waals surface area contributed by atoms with Gasteiger partial charge in [0.05, 0.1) is 36.0 Å². The number of thioether (sulfide) groups is 1. The molecule has 0 amide bonds. The Hall–Kier alpha value is -2.21. The van der Waals surface area contributed by atoms with Gasteiger partial charge in [0, 0.05) is 29.1 Å². The Labute approximate surface area is 139 Å². The van der Waals surface area contributed by atoms with Crippen molar-refractivity contribution in [3.05, 3.63) is 41.2 Å². The van der Waals surface area contributed by atoms with E-state index in [1.54, 1.807) is 26.0 Å². The number of fused-ring (bicyclic) bond motifs is 1. The molecule has 0 bridgehead atoms. The number of H-pyrrole nitrogens is 1. The summed E-state index contributed by atoms with van der Waals surface area (Å²) < 4.78 is 10.6. The van der Waals surface area contributed by atoms with Crippen LogP contribution in [0.15, 0.2) is 29.4 Å². The van der Waals surface area contributed by atoms with Crippen LogP contribution in [0.1, 0.15) is 16.8 Å². The fourth-order valence-electron chi connectivity index (χ4n) is 2.52. The first-order valence-corrected chi connectivity index (χ1v) is 8.26. The molecule has 6 heteroatoms. The van der Waals surface area contributed by atoms with Gasteiger partial charge in [0.1, 0.15) is 5.75 Å². The van der Waals surface area contributed by atoms with Gasteiger partial charge < -0.3 is 14.5 Å². The van der Waals surface area contributed by atoms with Gasteiger partial charge in [-0.1, -0.05) is 0 Å². The van der Waals surface area contributed by atoms with Gasteiger partial charge >= 0.3 is 0 Å². The van der Waals surface area contributed by atoms with E-state index in [4.69, 9.17) is 9.47 Å². The zero-order valence-electron chi connectivity index (χ0n) is 13.6. The monoisotopic (exact) mass is 329 g/mol. The van der Waals surface area contributed by atoms with Crippen molar-refractivity contribution in [2.75, 3.05) is 14.2 Å². The van der Waals surface area contributed by atoms with Crippen molar-refractivity contribution in [2.24, 2.45) is 0 Å². The van der Waals surface area contributed by atoms with Crippen molar-refractivity contribution in [2.45, 2.75) is 24.6 Å². The maximum atomic E-state index is 5.46. The summed E-state index contributed by atoms with van der Waals surface area (Å²) in [6.45, 7) is 4.05. The lowest BCUT2D eigenvalue weighted by molar-refractivity contribution is 0.399. The lowest BCUT2D eigenvalue weighted by atomic mass is 10.1. The molecule has 3 aromatic heterocycles. The Morgan fingerprint density at radius 3 is 2.74 bits per heavy atom. The number of aromatic amines is 1. The summed E-state index contributed by atoms with van der Waals surface area (Å²) in [5.41, 5.74) is 5.08. The number of ether oxygens (including phenoxy) is 2. The van der Waals surface area contributed by atoms with Crippen LogP contribution in [0.25, 0.3) is 11.0 Å². The molecule has 3 rings (SSSR count). The largest absolute Gasteiger partial charge is 0.496 e. The molecule has 0 saturated carbocycles. The molecule has 5 nitrogen and oxygen atoms in total. The summed E-state index contributed by atoms with van der Waals surface area (Å²) in [5.74, 6) is 2.30. The Kier molecular flexibility index (Phi) is 4.43. The van der Waals surface area contributed by atoms with Crippen LogP contribution in [0.5, 0.6) is 11.6 Å². The molecule has 0 unspecified atom stereocenters. The summed E-state index contributed by atoms with van der Waals surface area (Å²) in [6.07, 6.45) is 1.86. The second-order valence-electron chi connectivity index (χ2n) is 5.25. The maximum Gasteiger partial charge on any atom is 0.213 e. The molecule has 1 N–H and O–H groups in total. The summed E-state index contributed by atoms with van der Waals surface area (Å²) >= 11 is 1.70. The van der Waals surface area contributed by atoms with Crippen molar-refractivity contribution >= 4 is 22.8 Å². The molecule has 0 radical (unpaired) electrons. The second kappa shape index (κ2) is 6.50. The van der Waals surface area contributed by atoms with Gasteiger partial charge in [-0.2, -0.15) is 0 Å². The molecule has 120 valence electrons. The number of pyridine rings is 2. The van der Waals surface area contributed by atoms with E-state index in [0.29, 0.717) is 5.88 Å². The number of nitrogens with zero attached hydrogens (tertiary/aromatic N) is 2. The van der Waals surface area contributed by atoms with Crippen molar-refractivity contribution in [3.63, 3.8) is 0 Å². The van der Waals surface area contributed by atoms with Gasteiger partial charge in [0.15, 0.2) is 0 Å². The van der Waals surface area contributed by atoms with Crippen LogP contribution in [-0.4, -0.2) is 29.2 Å². The minimum Gasteiger partial charge on any atom is -0.496 e. The molecule has 0 aliphatic heterocycles. The number of aromatic nitrogens is 3. The van der Waals surface area contributed by atoms with Crippen molar-refractivity contribution in [1.29, 1.82) is 0 Å². The topological polar surface area (TPSA) is 60.0 Å². The number of rotatable bonds is 5. The summed E-state index contributed by atoms with van der Waals surface area (Å²) in [6, 6.07) is 5.86. The van der Waals surface area contributed by atoms with E-state index >= 15 is 0 Å². The first-order chi connectivity index (χ1) is 11.1. The smallest absolute Gasteiger partial charge is 0.213 e. The second-order valence-corrected chi connectivity index (χ2v) is 6.27. The highest BCUT2D eigenvalue weighted by molar-refractivity contribution is 7.98. The highest BCUT2D eigenvalue weighted by Crippen LogP contribution is 2.30. The lowest BCUT2D eigenvalue weighted by Crippen LogP contribution is -1.98. The van der Waals surface area contributed by atoms with Gasteiger partial charge in [-0.15, -0.1) is 11.8 Å². The van der Waals surface area contributed by atoms with Crippen molar-refractivity contribution < 1.29 is 9.47 Å². The van der Waals surface area contributed by atoms with Gasteiger partial charge in [-0.05, 0) is 26.0 Å². The molecule has 0 aliphatic rings. The average molecular weight is 329 g/mol. The first kappa shape index (κ1) is 15.7. The Balaban J connectivity index is 1.81. The van der Waals surface area contributed by atoms with Gasteiger partial charge in [0.25, 0.3) is 0 Å². The zero-order chi connectivity index (χ0) is 16.4. The molecular weight excluding hydrogens is 310 g/mol. The molecule has 23 heavy (non-hydrogen) atoms. The van der Waals surface area contributed by atoms with E-state index in [0.717, 1.165) is 44.4 Å². The molecule has 3 aromatic rings. The predicted octanol–water partition coefficient (Wildman–Crippen LogP) is 3.88. The lowest BCUT2D eigenvalue weighted by Gasteiger charge is -2.11. The molecule has 0 spiro atoms. The third kappa shape index (κ3) is 3.12. The SMILES string of the molecule is COc1ccc2[nH]c(SCc3ncc(C)c(OC)c3C)cc2n1. The summed E-state index contributed by atoms with van der Waals surface area (Å²) in [5, 5.41) is 1.06. The van der Waals surface area contributed by atoms with E-state index in [1.165, 1.54) is 0 Å². The quantitative estimate of drug-likeness (QED) is 0.720. The number of hydrogen-bond acceptors (Lipinski definition) is 5. The Morgan fingerprint density at radius 2 is 2.00 bits per heavy atom. The Bertz CT molecular complexity index is 845. The van der Waals surface area contributed by atoms with Crippen LogP contribution in [0, 0.1) is 13.8 Å². The Morgan fingerprint density at radius 1 is 1.17 bits per heavy atom. The minimum atomic E-state index is 0.619. The molecule has 0 aromatic carbocycles. The van der Waals surface area contributed by atoms with E-state index in [9.17, 15) is 0 Å². The number of aryl methyl sites for hydroxylation is 1. The van der Waals surface area contributed by atoms with E-state index < -0.39 is 0 Å². The molecule has 0 saturated heterocycles. The molecule has 3 heterocycles. The van der Waals surface area contributed by atoms with E-state index in [-0.39, 0.29) is 0 Å². The van der Waals surface area contributed by atoms with Crippen LogP contribution >= 0.6 is 11.8 Å². The summed E-state index contributed by atoms with van der Waals surface area (Å²) in [4.78, 5) is 12.3. The maximum absolute atomic E-state index is 5.46. The van der Waals surface area contributed by atoms with Gasteiger partial charge in [-0.25, -0.2) is 4.98 Å².